The van der Waals surface area contributed by atoms with Crippen LogP contribution >= 0.6 is 0 Å². The maximum atomic E-state index is 12.5. The largest absolute Gasteiger partial charge is 0.243 e. The number of benzene rings is 2. The normalized spacial score (nSPS) is 16.0. The highest BCUT2D eigenvalue weighted by Gasteiger charge is 2.31. The third kappa shape index (κ3) is 2.17. The molecule has 4 heteroatoms. The molecule has 3 nitrogen and oxygen atoms in total. The topological polar surface area (TPSA) is 37.4 Å². The number of nitrogens with zero attached hydrogens (tertiary/aromatic N) is 1. The van der Waals surface area contributed by atoms with Crippen LogP contribution < -0.4 is 0 Å². The van der Waals surface area contributed by atoms with Crippen LogP contribution in [-0.2, 0) is 10.0 Å². The van der Waals surface area contributed by atoms with E-state index in [4.69, 9.17) is 0 Å². The Morgan fingerprint density at radius 2 is 1.47 bits per heavy atom. The van der Waals surface area contributed by atoms with Crippen LogP contribution in [-0.4, -0.2) is 25.8 Å². The van der Waals surface area contributed by atoms with Crippen molar-refractivity contribution in [2.45, 2.75) is 11.3 Å². The van der Waals surface area contributed by atoms with Crippen LogP contribution in [0, 0.1) is 0 Å². The van der Waals surface area contributed by atoms with E-state index in [-0.39, 0.29) is 0 Å². The SMILES string of the molecule is O=S(=O)(c1ccccc1-c1ccccc1)N1CCC1. The summed E-state index contributed by atoms with van der Waals surface area (Å²) in [6, 6.07) is 16.8. The Balaban J connectivity index is 2.13. The van der Waals surface area contributed by atoms with Gasteiger partial charge in [-0.1, -0.05) is 48.5 Å². The van der Waals surface area contributed by atoms with E-state index in [0.717, 1.165) is 17.5 Å². The molecule has 0 bridgehead atoms. The second kappa shape index (κ2) is 4.79. The summed E-state index contributed by atoms with van der Waals surface area (Å²) in [7, 11) is -3.35. The molecule has 0 aromatic heterocycles. The van der Waals surface area contributed by atoms with Gasteiger partial charge in [0.05, 0.1) is 4.90 Å². The average Bonchev–Trinajstić information content (AvgIpc) is 2.37. The maximum absolute atomic E-state index is 12.5. The molecule has 0 saturated carbocycles. The van der Waals surface area contributed by atoms with Crippen molar-refractivity contribution in [3.05, 3.63) is 54.6 Å². The Morgan fingerprint density at radius 3 is 2.11 bits per heavy atom. The van der Waals surface area contributed by atoms with Crippen molar-refractivity contribution in [1.82, 2.24) is 4.31 Å². The van der Waals surface area contributed by atoms with Gasteiger partial charge < -0.3 is 0 Å². The molecule has 1 fully saturated rings. The fourth-order valence-electron chi connectivity index (χ4n) is 2.21. The fraction of sp³-hybridized carbons (Fsp3) is 0.200. The van der Waals surface area contributed by atoms with Crippen LogP contribution in [0.5, 0.6) is 0 Å². The highest BCUT2D eigenvalue weighted by atomic mass is 32.2. The smallest absolute Gasteiger partial charge is 0.207 e. The van der Waals surface area contributed by atoms with E-state index < -0.39 is 10.0 Å². The Kier molecular flexibility index (Phi) is 3.12. The second-order valence-electron chi connectivity index (χ2n) is 4.62. The molecular weight excluding hydrogens is 258 g/mol. The predicted molar refractivity (Wildman–Crippen MR) is 75.3 cm³/mol. The molecule has 1 aliphatic rings. The fourth-order valence-corrected chi connectivity index (χ4v) is 3.95. The zero-order chi connectivity index (χ0) is 13.3. The van der Waals surface area contributed by atoms with Gasteiger partial charge in [-0.25, -0.2) is 8.42 Å². The first-order valence-electron chi connectivity index (χ1n) is 6.34. The second-order valence-corrected chi connectivity index (χ2v) is 6.53. The number of rotatable bonds is 3. The van der Waals surface area contributed by atoms with E-state index in [2.05, 4.69) is 0 Å². The minimum Gasteiger partial charge on any atom is -0.207 e. The lowest BCUT2D eigenvalue weighted by Gasteiger charge is -2.30. The quantitative estimate of drug-likeness (QED) is 0.862. The zero-order valence-corrected chi connectivity index (χ0v) is 11.3. The highest BCUT2D eigenvalue weighted by molar-refractivity contribution is 7.89. The molecule has 1 aliphatic heterocycles. The maximum Gasteiger partial charge on any atom is 0.243 e. The molecule has 0 spiro atoms. The van der Waals surface area contributed by atoms with E-state index >= 15 is 0 Å². The van der Waals surface area contributed by atoms with Gasteiger partial charge in [-0.3, -0.25) is 0 Å². The van der Waals surface area contributed by atoms with E-state index in [1.165, 1.54) is 4.31 Å². The molecule has 0 unspecified atom stereocenters. The number of hydrogen-bond acceptors (Lipinski definition) is 2. The Hall–Kier alpha value is -1.65. The first-order chi connectivity index (χ1) is 9.19. The first-order valence-corrected chi connectivity index (χ1v) is 7.78. The summed E-state index contributed by atoms with van der Waals surface area (Å²) in [6.07, 6.45) is 0.951. The molecular formula is C15H15NO2S. The van der Waals surface area contributed by atoms with E-state index in [1.54, 1.807) is 12.1 Å². The van der Waals surface area contributed by atoms with Gasteiger partial charge in [0.25, 0.3) is 0 Å². The van der Waals surface area contributed by atoms with Crippen molar-refractivity contribution in [2.75, 3.05) is 13.1 Å². The molecule has 98 valence electrons. The Labute approximate surface area is 113 Å². The van der Waals surface area contributed by atoms with Crippen LogP contribution in [0.25, 0.3) is 11.1 Å². The summed E-state index contributed by atoms with van der Waals surface area (Å²) >= 11 is 0. The average molecular weight is 273 g/mol. The van der Waals surface area contributed by atoms with Gasteiger partial charge in [-0.05, 0) is 18.1 Å². The molecule has 0 aliphatic carbocycles. The van der Waals surface area contributed by atoms with Gasteiger partial charge in [0.2, 0.25) is 10.0 Å². The highest BCUT2D eigenvalue weighted by Crippen LogP contribution is 2.30. The van der Waals surface area contributed by atoms with E-state index in [1.807, 2.05) is 42.5 Å². The third-order valence-corrected chi connectivity index (χ3v) is 5.36. The minimum absolute atomic E-state index is 0.404. The Bertz CT molecular complexity index is 676. The molecule has 1 saturated heterocycles. The molecule has 2 aromatic carbocycles. The summed E-state index contributed by atoms with van der Waals surface area (Å²) in [4.78, 5) is 0.404. The van der Waals surface area contributed by atoms with Gasteiger partial charge in [0, 0.05) is 18.7 Å². The third-order valence-electron chi connectivity index (χ3n) is 3.40. The summed E-state index contributed by atoms with van der Waals surface area (Å²) in [5.74, 6) is 0. The van der Waals surface area contributed by atoms with Crippen LogP contribution in [0.1, 0.15) is 6.42 Å². The number of sulfonamides is 1. The standard InChI is InChI=1S/C15H15NO2S/c17-19(18,16-11-6-12-16)15-10-5-4-9-14(15)13-7-2-1-3-8-13/h1-5,7-10H,6,11-12H2. The lowest BCUT2D eigenvalue weighted by molar-refractivity contribution is 0.309. The number of hydrogen-bond donors (Lipinski definition) is 0. The van der Waals surface area contributed by atoms with Crippen molar-refractivity contribution < 1.29 is 8.42 Å². The van der Waals surface area contributed by atoms with Crippen LogP contribution in [0.3, 0.4) is 0 Å². The first kappa shape index (κ1) is 12.4. The van der Waals surface area contributed by atoms with Crippen LogP contribution in [0.2, 0.25) is 0 Å². The summed E-state index contributed by atoms with van der Waals surface area (Å²) in [5, 5.41) is 0. The summed E-state index contributed by atoms with van der Waals surface area (Å²) in [6.45, 7) is 1.26. The molecule has 0 atom stereocenters. The van der Waals surface area contributed by atoms with Gasteiger partial charge in [-0.2, -0.15) is 4.31 Å². The van der Waals surface area contributed by atoms with Gasteiger partial charge >= 0.3 is 0 Å². The van der Waals surface area contributed by atoms with Gasteiger partial charge in [-0.15, -0.1) is 0 Å². The minimum atomic E-state index is -3.35. The molecule has 0 amide bonds. The van der Waals surface area contributed by atoms with Crippen molar-refractivity contribution in [2.24, 2.45) is 0 Å². The summed E-state index contributed by atoms with van der Waals surface area (Å²) in [5.41, 5.74) is 1.71. The van der Waals surface area contributed by atoms with Crippen LogP contribution in [0.4, 0.5) is 0 Å². The van der Waals surface area contributed by atoms with Gasteiger partial charge in [0.15, 0.2) is 0 Å². The lowest BCUT2D eigenvalue weighted by atomic mass is 10.1. The molecule has 1 heterocycles. The molecule has 19 heavy (non-hydrogen) atoms. The van der Waals surface area contributed by atoms with Crippen molar-refractivity contribution in [3.8, 4) is 11.1 Å². The summed E-state index contributed by atoms with van der Waals surface area (Å²) < 4.78 is 26.6. The van der Waals surface area contributed by atoms with Crippen LogP contribution in [0.15, 0.2) is 59.5 Å². The molecule has 2 aromatic rings. The van der Waals surface area contributed by atoms with Gasteiger partial charge in [0.1, 0.15) is 0 Å². The molecule has 0 N–H and O–H groups in total. The monoisotopic (exact) mass is 273 g/mol. The zero-order valence-electron chi connectivity index (χ0n) is 10.5. The van der Waals surface area contributed by atoms with Crippen molar-refractivity contribution in [1.29, 1.82) is 0 Å². The van der Waals surface area contributed by atoms with Crippen molar-refractivity contribution >= 4 is 10.0 Å². The van der Waals surface area contributed by atoms with Crippen molar-refractivity contribution in [3.63, 3.8) is 0 Å². The molecule has 3 rings (SSSR count). The van der Waals surface area contributed by atoms with E-state index in [9.17, 15) is 8.42 Å². The molecule has 0 radical (unpaired) electrons. The lowest BCUT2D eigenvalue weighted by Crippen LogP contribution is -2.42. The predicted octanol–water partition coefficient (Wildman–Crippen LogP) is 2.75. The Morgan fingerprint density at radius 1 is 0.842 bits per heavy atom. The van der Waals surface area contributed by atoms with E-state index in [0.29, 0.717) is 18.0 Å².